The van der Waals surface area contributed by atoms with Gasteiger partial charge in [0.05, 0.1) is 30.7 Å². The number of hydrogen-bond donors (Lipinski definition) is 3. The van der Waals surface area contributed by atoms with Gasteiger partial charge in [-0.3, -0.25) is 19.2 Å². The standard InChI is InChI=1S/C44H54FN3O10/c1-24-21-47(16-15-46-24)38-32(45)19-29-37(40(38)56-4)48(26-8-9-26)22-30(39(29)53)41(54)57-17-5-6-35(52)58-23-34(51)44(55)14-12-31-28-10-7-25-18-27(49)11-13-42(25,2)36(28)33(50)20-43(31,44)3/h11,13,18-19,22,24,26,28,31,33,36,46,50,55H,5-10,12,14-17,20-21,23H2,1-4H3/t24?,28-,31-,33-,36?,42-,43-,44-/m1/s1. The first-order chi connectivity index (χ1) is 27.6. The molecule has 58 heavy (non-hydrogen) atoms. The Hall–Kier alpha value is -4.40. The Kier molecular flexibility index (Phi) is 10.4. The van der Waals surface area contributed by atoms with Crippen LogP contribution < -0.4 is 20.4 Å². The maximum absolute atomic E-state index is 15.8. The van der Waals surface area contributed by atoms with E-state index in [9.17, 15) is 34.2 Å². The molecule has 312 valence electrons. The van der Waals surface area contributed by atoms with E-state index in [4.69, 9.17) is 14.2 Å². The molecule has 6 aliphatic rings. The number of carbonyl (C=O) groups is 4. The van der Waals surface area contributed by atoms with E-state index in [0.29, 0.717) is 38.0 Å². The minimum absolute atomic E-state index is 0.000490. The van der Waals surface area contributed by atoms with Gasteiger partial charge in [-0.25, -0.2) is 9.18 Å². The second kappa shape index (κ2) is 15.0. The number of hydrogen-bond acceptors (Lipinski definition) is 12. The number of aliphatic hydroxyl groups is 2. The van der Waals surface area contributed by atoms with E-state index in [-0.39, 0.29) is 90.3 Å². The molecular weight excluding hydrogens is 749 g/mol. The Morgan fingerprint density at radius 1 is 1.10 bits per heavy atom. The van der Waals surface area contributed by atoms with E-state index in [1.807, 2.05) is 29.4 Å². The molecule has 0 bridgehead atoms. The van der Waals surface area contributed by atoms with Crippen molar-refractivity contribution < 1.29 is 48.0 Å². The number of aliphatic hydroxyl groups excluding tert-OH is 1. The number of nitrogens with one attached hydrogen (secondary N) is 1. The summed E-state index contributed by atoms with van der Waals surface area (Å²) in [4.78, 5) is 67.5. The number of anilines is 1. The normalized spacial score (nSPS) is 32.9. The summed E-state index contributed by atoms with van der Waals surface area (Å²) in [5.74, 6) is -2.80. The molecule has 0 amide bonds. The zero-order valence-corrected chi connectivity index (χ0v) is 33.7. The molecule has 5 aliphatic carbocycles. The van der Waals surface area contributed by atoms with Gasteiger partial charge in [0.15, 0.2) is 24.0 Å². The van der Waals surface area contributed by atoms with Crippen molar-refractivity contribution in [2.45, 2.75) is 102 Å². The first-order valence-corrected chi connectivity index (χ1v) is 20.8. The number of ketones is 2. The fourth-order valence-electron chi connectivity index (χ4n) is 11.4. The maximum atomic E-state index is 15.8. The minimum Gasteiger partial charge on any atom is -0.492 e. The number of rotatable bonds is 11. The number of allylic oxidation sites excluding steroid dienone is 4. The summed E-state index contributed by atoms with van der Waals surface area (Å²) in [5, 5.41) is 27.0. The Bertz CT molecular complexity index is 2180. The van der Waals surface area contributed by atoms with Crippen molar-refractivity contribution in [1.82, 2.24) is 9.88 Å². The van der Waals surface area contributed by atoms with Gasteiger partial charge in [-0.05, 0) is 88.3 Å². The highest BCUT2D eigenvalue weighted by Crippen LogP contribution is 2.67. The molecule has 14 heteroatoms. The number of benzene rings is 1. The number of halogens is 1. The number of methoxy groups -OCH3 is 1. The van der Waals surface area contributed by atoms with E-state index in [1.54, 1.807) is 12.2 Å². The smallest absolute Gasteiger partial charge is 0.343 e. The van der Waals surface area contributed by atoms with Crippen LogP contribution in [0.25, 0.3) is 10.9 Å². The molecule has 1 aromatic carbocycles. The van der Waals surface area contributed by atoms with Gasteiger partial charge in [0, 0.05) is 61.1 Å². The Labute approximate surface area is 336 Å². The lowest BCUT2D eigenvalue weighted by Gasteiger charge is -2.59. The van der Waals surface area contributed by atoms with Crippen LogP contribution >= 0.6 is 0 Å². The molecule has 2 heterocycles. The minimum atomic E-state index is -1.79. The number of esters is 2. The zero-order chi connectivity index (χ0) is 41.3. The lowest BCUT2D eigenvalue weighted by atomic mass is 9.46. The molecule has 1 saturated heterocycles. The summed E-state index contributed by atoms with van der Waals surface area (Å²) in [6, 6.07) is 1.30. The first kappa shape index (κ1) is 40.4. The SMILES string of the molecule is COc1c(N2CCNC(C)C2)c(F)cc2c(=O)c(C(=O)OCCCC(=O)OCC(=O)[C@]3(O)CC[C@@H]4[C@H]5CCC6=CC(=O)C=C[C@@]6(C)C5[C@H](O)C[C@]43C)cn(C3CC3)c12. The van der Waals surface area contributed by atoms with Crippen LogP contribution in [0.5, 0.6) is 5.75 Å². The highest BCUT2D eigenvalue weighted by Gasteiger charge is 2.68. The molecule has 2 unspecified atom stereocenters. The van der Waals surface area contributed by atoms with Crippen LogP contribution in [-0.2, 0) is 23.9 Å². The van der Waals surface area contributed by atoms with Gasteiger partial charge in [0.25, 0.3) is 0 Å². The third-order valence-corrected chi connectivity index (χ3v) is 14.5. The molecule has 2 aromatic rings. The number of aromatic nitrogens is 1. The molecule has 4 saturated carbocycles. The average molecular weight is 804 g/mol. The topological polar surface area (TPSA) is 174 Å². The van der Waals surface area contributed by atoms with E-state index in [1.165, 1.54) is 19.4 Å². The summed E-state index contributed by atoms with van der Waals surface area (Å²) in [6.45, 7) is 6.86. The summed E-state index contributed by atoms with van der Waals surface area (Å²) in [7, 11) is 1.45. The fourth-order valence-corrected chi connectivity index (χ4v) is 11.4. The molecule has 1 aliphatic heterocycles. The molecule has 3 N–H and O–H groups in total. The van der Waals surface area contributed by atoms with Gasteiger partial charge in [0.2, 0.25) is 11.2 Å². The number of carbonyl (C=O) groups excluding carboxylic acids is 4. The number of ether oxygens (including phenoxy) is 3. The van der Waals surface area contributed by atoms with Crippen LogP contribution in [-0.4, -0.2) is 96.0 Å². The second-order valence-corrected chi connectivity index (χ2v) is 17.9. The Morgan fingerprint density at radius 3 is 2.60 bits per heavy atom. The molecule has 5 fully saturated rings. The van der Waals surface area contributed by atoms with Crippen LogP contribution in [0.2, 0.25) is 0 Å². The second-order valence-electron chi connectivity index (χ2n) is 17.9. The van der Waals surface area contributed by atoms with Gasteiger partial charge in [-0.2, -0.15) is 0 Å². The average Bonchev–Trinajstić information content (AvgIpc) is 3.99. The van der Waals surface area contributed by atoms with Gasteiger partial charge in [-0.1, -0.05) is 25.5 Å². The molecule has 8 rings (SSSR count). The zero-order valence-electron chi connectivity index (χ0n) is 33.7. The molecule has 0 spiro atoms. The quantitative estimate of drug-likeness (QED) is 0.217. The van der Waals surface area contributed by atoms with Crippen molar-refractivity contribution in [3.63, 3.8) is 0 Å². The summed E-state index contributed by atoms with van der Waals surface area (Å²) < 4.78 is 34.1. The number of Topliss-reactive ketones (excluding diaryl/α,β-unsaturated/α-hetero) is 1. The van der Waals surface area contributed by atoms with Crippen molar-refractivity contribution >= 4 is 40.1 Å². The van der Waals surface area contributed by atoms with Gasteiger partial charge in [0.1, 0.15) is 16.9 Å². The first-order valence-electron chi connectivity index (χ1n) is 20.8. The Morgan fingerprint density at radius 2 is 1.88 bits per heavy atom. The summed E-state index contributed by atoms with van der Waals surface area (Å²) in [6.07, 6.45) is 9.75. The van der Waals surface area contributed by atoms with Crippen molar-refractivity contribution in [3.05, 3.63) is 57.7 Å². The van der Waals surface area contributed by atoms with Crippen molar-refractivity contribution in [3.8, 4) is 5.75 Å². The van der Waals surface area contributed by atoms with Gasteiger partial charge >= 0.3 is 11.9 Å². The predicted octanol–water partition coefficient (Wildman–Crippen LogP) is 4.34. The third-order valence-electron chi connectivity index (χ3n) is 14.5. The number of pyridine rings is 1. The molecule has 1 aromatic heterocycles. The van der Waals surface area contributed by atoms with E-state index >= 15 is 4.39 Å². The highest BCUT2D eigenvalue weighted by atomic mass is 19.1. The fraction of sp³-hybridized carbons (Fsp3) is 0.614. The van der Waals surface area contributed by atoms with Crippen LogP contribution in [0.4, 0.5) is 10.1 Å². The van der Waals surface area contributed by atoms with Gasteiger partial charge < -0.3 is 39.2 Å². The van der Waals surface area contributed by atoms with E-state index in [0.717, 1.165) is 24.8 Å². The molecule has 13 nitrogen and oxygen atoms in total. The largest absolute Gasteiger partial charge is 0.492 e. The van der Waals surface area contributed by atoms with Crippen LogP contribution in [0.3, 0.4) is 0 Å². The molecule has 8 atom stereocenters. The summed E-state index contributed by atoms with van der Waals surface area (Å²) in [5.41, 5.74) is -2.40. The number of fused-ring (bicyclic) bond motifs is 6. The lowest BCUT2D eigenvalue weighted by Crippen LogP contribution is -2.61. The van der Waals surface area contributed by atoms with Gasteiger partial charge in [-0.15, -0.1) is 0 Å². The Balaban J connectivity index is 0.884. The van der Waals surface area contributed by atoms with Crippen LogP contribution in [0.15, 0.2) is 40.9 Å². The monoisotopic (exact) mass is 803 g/mol. The van der Waals surface area contributed by atoms with E-state index < -0.39 is 58.1 Å². The van der Waals surface area contributed by atoms with Crippen LogP contribution in [0, 0.1) is 34.4 Å². The summed E-state index contributed by atoms with van der Waals surface area (Å²) >= 11 is 0. The van der Waals surface area contributed by atoms with Crippen LogP contribution in [0.1, 0.15) is 95.0 Å². The third kappa shape index (κ3) is 6.59. The lowest BCUT2D eigenvalue weighted by molar-refractivity contribution is -0.181. The highest BCUT2D eigenvalue weighted by molar-refractivity contribution is 6.01. The number of nitrogens with zero attached hydrogens (tertiary/aromatic N) is 2. The molecular formula is C44H54FN3O10. The molecule has 0 radical (unpaired) electrons. The number of piperazine rings is 1. The predicted molar refractivity (Wildman–Crippen MR) is 211 cm³/mol. The van der Waals surface area contributed by atoms with E-state index in [2.05, 4.69) is 12.2 Å². The van der Waals surface area contributed by atoms with Crippen molar-refractivity contribution in [2.75, 3.05) is 44.9 Å². The van der Waals surface area contributed by atoms with Crippen molar-refractivity contribution in [1.29, 1.82) is 0 Å². The maximum Gasteiger partial charge on any atom is 0.343 e. The van der Waals surface area contributed by atoms with Crippen molar-refractivity contribution in [2.24, 2.45) is 28.6 Å².